The van der Waals surface area contributed by atoms with Crippen molar-refractivity contribution in [1.82, 2.24) is 5.32 Å². The van der Waals surface area contributed by atoms with Crippen LogP contribution in [-0.4, -0.2) is 17.7 Å². The van der Waals surface area contributed by atoms with Crippen molar-refractivity contribution in [2.45, 2.75) is 65.0 Å². The SMILES string of the molecule is C[C@H]1CCC[C@@H](NC(=O)OC(C)(C)C)C1. The zero-order valence-corrected chi connectivity index (χ0v) is 10.3. The molecular formula is C12H23NO2. The summed E-state index contributed by atoms with van der Waals surface area (Å²) in [6.45, 7) is 7.89. The molecule has 1 aliphatic rings. The summed E-state index contributed by atoms with van der Waals surface area (Å²) in [6.07, 6.45) is 4.39. The molecule has 0 radical (unpaired) electrons. The molecule has 0 saturated heterocycles. The lowest BCUT2D eigenvalue weighted by molar-refractivity contribution is 0.0486. The van der Waals surface area contributed by atoms with E-state index in [0.29, 0.717) is 6.04 Å². The van der Waals surface area contributed by atoms with Gasteiger partial charge in [0.2, 0.25) is 0 Å². The average molecular weight is 213 g/mol. The molecule has 3 nitrogen and oxygen atoms in total. The van der Waals surface area contributed by atoms with Gasteiger partial charge in [0.15, 0.2) is 0 Å². The van der Waals surface area contributed by atoms with Crippen molar-refractivity contribution < 1.29 is 9.53 Å². The third kappa shape index (κ3) is 5.05. The van der Waals surface area contributed by atoms with E-state index in [9.17, 15) is 4.79 Å². The minimum atomic E-state index is -0.398. The number of hydrogen-bond acceptors (Lipinski definition) is 2. The van der Waals surface area contributed by atoms with Crippen molar-refractivity contribution in [2.24, 2.45) is 5.92 Å². The molecule has 88 valence electrons. The Morgan fingerprint density at radius 3 is 2.53 bits per heavy atom. The van der Waals surface area contributed by atoms with Gasteiger partial charge in [-0.05, 0) is 39.5 Å². The number of amides is 1. The summed E-state index contributed by atoms with van der Waals surface area (Å²) in [5.74, 6) is 0.721. The van der Waals surface area contributed by atoms with Gasteiger partial charge in [-0.15, -0.1) is 0 Å². The van der Waals surface area contributed by atoms with Crippen molar-refractivity contribution in [3.8, 4) is 0 Å². The fraction of sp³-hybridized carbons (Fsp3) is 0.917. The van der Waals surface area contributed by atoms with Gasteiger partial charge in [-0.1, -0.05) is 19.8 Å². The summed E-state index contributed by atoms with van der Waals surface area (Å²) in [4.78, 5) is 11.5. The van der Waals surface area contributed by atoms with Gasteiger partial charge in [0.25, 0.3) is 0 Å². The second-order valence-electron chi connectivity index (χ2n) is 5.61. The van der Waals surface area contributed by atoms with Crippen molar-refractivity contribution >= 4 is 6.09 Å². The van der Waals surface area contributed by atoms with E-state index in [1.165, 1.54) is 12.8 Å². The lowest BCUT2D eigenvalue weighted by atomic mass is 9.87. The van der Waals surface area contributed by atoms with E-state index in [2.05, 4.69) is 12.2 Å². The molecule has 0 unspecified atom stereocenters. The van der Waals surface area contributed by atoms with E-state index >= 15 is 0 Å². The molecule has 0 aromatic rings. The topological polar surface area (TPSA) is 38.3 Å². The fourth-order valence-corrected chi connectivity index (χ4v) is 2.04. The van der Waals surface area contributed by atoms with Crippen molar-refractivity contribution in [2.75, 3.05) is 0 Å². The molecular weight excluding hydrogens is 190 g/mol. The van der Waals surface area contributed by atoms with E-state index in [0.717, 1.165) is 18.8 Å². The van der Waals surface area contributed by atoms with Gasteiger partial charge in [-0.3, -0.25) is 0 Å². The Morgan fingerprint density at radius 2 is 2.00 bits per heavy atom. The Hall–Kier alpha value is -0.730. The highest BCUT2D eigenvalue weighted by molar-refractivity contribution is 5.68. The smallest absolute Gasteiger partial charge is 0.407 e. The van der Waals surface area contributed by atoms with Crippen LogP contribution >= 0.6 is 0 Å². The number of nitrogens with one attached hydrogen (secondary N) is 1. The number of alkyl carbamates (subject to hydrolysis) is 1. The first-order valence-electron chi connectivity index (χ1n) is 5.86. The van der Waals surface area contributed by atoms with Gasteiger partial charge in [-0.25, -0.2) is 4.79 Å². The summed E-state index contributed by atoms with van der Waals surface area (Å²) in [7, 11) is 0. The van der Waals surface area contributed by atoms with Gasteiger partial charge < -0.3 is 10.1 Å². The monoisotopic (exact) mass is 213 g/mol. The molecule has 1 saturated carbocycles. The van der Waals surface area contributed by atoms with Crippen LogP contribution in [-0.2, 0) is 4.74 Å². The van der Waals surface area contributed by atoms with Gasteiger partial charge in [0.1, 0.15) is 5.60 Å². The Kier molecular flexibility index (Phi) is 4.00. The predicted octanol–water partition coefficient (Wildman–Crippen LogP) is 3.09. The third-order valence-corrected chi connectivity index (χ3v) is 2.66. The fourth-order valence-electron chi connectivity index (χ4n) is 2.04. The molecule has 0 heterocycles. The summed E-state index contributed by atoms with van der Waals surface area (Å²) < 4.78 is 5.23. The quantitative estimate of drug-likeness (QED) is 0.727. The van der Waals surface area contributed by atoms with Crippen LogP contribution in [0.2, 0.25) is 0 Å². The maximum atomic E-state index is 11.5. The first kappa shape index (κ1) is 12.3. The molecule has 0 spiro atoms. The van der Waals surface area contributed by atoms with Crippen LogP contribution < -0.4 is 5.32 Å². The molecule has 2 atom stereocenters. The van der Waals surface area contributed by atoms with E-state index in [4.69, 9.17) is 4.74 Å². The molecule has 0 bridgehead atoms. The molecule has 15 heavy (non-hydrogen) atoms. The maximum Gasteiger partial charge on any atom is 0.407 e. The molecule has 3 heteroatoms. The maximum absolute atomic E-state index is 11.5. The predicted molar refractivity (Wildman–Crippen MR) is 60.8 cm³/mol. The molecule has 0 aliphatic heterocycles. The van der Waals surface area contributed by atoms with E-state index < -0.39 is 5.60 Å². The van der Waals surface area contributed by atoms with Crippen LogP contribution in [0.15, 0.2) is 0 Å². The first-order chi connectivity index (χ1) is 6.87. The van der Waals surface area contributed by atoms with E-state index in [-0.39, 0.29) is 6.09 Å². The molecule has 1 aliphatic carbocycles. The van der Waals surface area contributed by atoms with Crippen LogP contribution in [0.25, 0.3) is 0 Å². The Labute approximate surface area is 92.6 Å². The highest BCUT2D eigenvalue weighted by Gasteiger charge is 2.23. The normalized spacial score (nSPS) is 27.2. The van der Waals surface area contributed by atoms with Crippen LogP contribution in [0.4, 0.5) is 4.79 Å². The molecule has 1 fully saturated rings. The van der Waals surface area contributed by atoms with E-state index in [1.807, 2.05) is 20.8 Å². The average Bonchev–Trinajstić information content (AvgIpc) is 1.99. The van der Waals surface area contributed by atoms with Crippen LogP contribution in [0.5, 0.6) is 0 Å². The molecule has 0 aromatic carbocycles. The van der Waals surface area contributed by atoms with Gasteiger partial charge >= 0.3 is 6.09 Å². The second kappa shape index (κ2) is 4.86. The summed E-state index contributed by atoms with van der Waals surface area (Å²) in [5, 5.41) is 2.94. The number of ether oxygens (including phenoxy) is 1. The number of carbonyl (C=O) groups is 1. The van der Waals surface area contributed by atoms with Gasteiger partial charge in [0.05, 0.1) is 0 Å². The molecule has 0 aromatic heterocycles. The second-order valence-corrected chi connectivity index (χ2v) is 5.61. The zero-order chi connectivity index (χ0) is 11.5. The van der Waals surface area contributed by atoms with Crippen LogP contribution in [0.1, 0.15) is 53.4 Å². The Bertz CT molecular complexity index is 220. The van der Waals surface area contributed by atoms with Crippen molar-refractivity contribution in [3.63, 3.8) is 0 Å². The molecule has 1 N–H and O–H groups in total. The van der Waals surface area contributed by atoms with Crippen LogP contribution in [0, 0.1) is 5.92 Å². The zero-order valence-electron chi connectivity index (χ0n) is 10.3. The van der Waals surface area contributed by atoms with Crippen molar-refractivity contribution in [3.05, 3.63) is 0 Å². The highest BCUT2D eigenvalue weighted by Crippen LogP contribution is 2.23. The van der Waals surface area contributed by atoms with Crippen LogP contribution in [0.3, 0.4) is 0 Å². The first-order valence-corrected chi connectivity index (χ1v) is 5.86. The van der Waals surface area contributed by atoms with Crippen molar-refractivity contribution in [1.29, 1.82) is 0 Å². The van der Waals surface area contributed by atoms with E-state index in [1.54, 1.807) is 0 Å². The molecule has 1 amide bonds. The number of hydrogen-bond donors (Lipinski definition) is 1. The summed E-state index contributed by atoms with van der Waals surface area (Å²) >= 11 is 0. The lowest BCUT2D eigenvalue weighted by Gasteiger charge is -2.28. The minimum absolute atomic E-state index is 0.276. The standard InChI is InChI=1S/C12H23NO2/c1-9-6-5-7-10(8-9)13-11(14)15-12(2,3)4/h9-10H,5-8H2,1-4H3,(H,13,14)/t9-,10+/m0/s1. The number of rotatable bonds is 1. The third-order valence-electron chi connectivity index (χ3n) is 2.66. The minimum Gasteiger partial charge on any atom is -0.444 e. The molecule has 1 rings (SSSR count). The largest absolute Gasteiger partial charge is 0.444 e. The summed E-state index contributed by atoms with van der Waals surface area (Å²) in [5.41, 5.74) is -0.398. The lowest BCUT2D eigenvalue weighted by Crippen LogP contribution is -2.41. The van der Waals surface area contributed by atoms with Gasteiger partial charge in [-0.2, -0.15) is 0 Å². The number of carbonyl (C=O) groups excluding carboxylic acids is 1. The summed E-state index contributed by atoms with van der Waals surface area (Å²) in [6, 6.07) is 0.309. The Balaban J connectivity index is 2.31. The highest BCUT2D eigenvalue weighted by atomic mass is 16.6. The van der Waals surface area contributed by atoms with Gasteiger partial charge in [0, 0.05) is 6.04 Å². The Morgan fingerprint density at radius 1 is 1.33 bits per heavy atom.